The second-order valence-corrected chi connectivity index (χ2v) is 4.16. The van der Waals surface area contributed by atoms with Gasteiger partial charge >= 0.3 is 0 Å². The van der Waals surface area contributed by atoms with E-state index in [1.54, 1.807) is 6.33 Å². The molecule has 0 saturated carbocycles. The molecule has 0 aliphatic heterocycles. The Labute approximate surface area is 101 Å². The van der Waals surface area contributed by atoms with Crippen LogP contribution in [-0.4, -0.2) is 9.55 Å². The molecule has 0 radical (unpaired) electrons. The molecular weight excluding hydrogens is 210 g/mol. The molecule has 1 atom stereocenters. The first-order chi connectivity index (χ1) is 8.22. The molecule has 3 nitrogen and oxygen atoms in total. The molecule has 2 aromatic rings. The number of nitriles is 1. The Morgan fingerprint density at radius 3 is 2.53 bits per heavy atom. The Hall–Kier alpha value is -2.08. The van der Waals surface area contributed by atoms with Gasteiger partial charge in [-0.05, 0) is 19.4 Å². The van der Waals surface area contributed by atoms with Crippen LogP contribution < -0.4 is 0 Å². The summed E-state index contributed by atoms with van der Waals surface area (Å²) in [6.07, 6.45) is 1.80. The van der Waals surface area contributed by atoms with Crippen molar-refractivity contribution in [2.45, 2.75) is 26.3 Å². The van der Waals surface area contributed by atoms with Crippen LogP contribution in [0.15, 0.2) is 36.7 Å². The summed E-state index contributed by atoms with van der Waals surface area (Å²) in [7, 11) is 0. The first-order valence-electron chi connectivity index (χ1n) is 5.65. The molecule has 0 aliphatic carbocycles. The number of aromatic nitrogens is 2. The zero-order valence-corrected chi connectivity index (χ0v) is 10.1. The highest BCUT2D eigenvalue weighted by molar-refractivity contribution is 5.25. The highest BCUT2D eigenvalue weighted by Crippen LogP contribution is 2.18. The summed E-state index contributed by atoms with van der Waals surface area (Å²) >= 11 is 0. The fraction of sp³-hybridized carbons (Fsp3) is 0.286. The van der Waals surface area contributed by atoms with Crippen molar-refractivity contribution in [1.29, 1.82) is 5.26 Å². The molecule has 1 heterocycles. The Bertz CT molecular complexity index is 534. The van der Waals surface area contributed by atoms with Gasteiger partial charge in [-0.25, -0.2) is 4.98 Å². The highest BCUT2D eigenvalue weighted by Gasteiger charge is 2.12. The maximum absolute atomic E-state index is 9.25. The second kappa shape index (κ2) is 4.84. The molecule has 0 aliphatic rings. The molecule has 0 amide bonds. The van der Waals surface area contributed by atoms with Gasteiger partial charge in [-0.15, -0.1) is 0 Å². The maximum Gasteiger partial charge on any atom is 0.0951 e. The first-order valence-corrected chi connectivity index (χ1v) is 5.65. The van der Waals surface area contributed by atoms with E-state index in [2.05, 4.69) is 11.1 Å². The van der Waals surface area contributed by atoms with Crippen molar-refractivity contribution in [3.63, 3.8) is 0 Å². The number of imidazole rings is 1. The number of nitrogens with zero attached hydrogens (tertiary/aromatic N) is 3. The molecule has 86 valence electrons. The molecule has 0 N–H and O–H groups in total. The predicted molar refractivity (Wildman–Crippen MR) is 66.5 cm³/mol. The van der Waals surface area contributed by atoms with E-state index >= 15 is 0 Å². The monoisotopic (exact) mass is 225 g/mol. The van der Waals surface area contributed by atoms with Gasteiger partial charge in [-0.2, -0.15) is 5.26 Å². The third-order valence-corrected chi connectivity index (χ3v) is 3.08. The maximum atomic E-state index is 9.25. The minimum absolute atomic E-state index is 0.122. The van der Waals surface area contributed by atoms with Gasteiger partial charge in [0.05, 0.1) is 24.0 Å². The lowest BCUT2D eigenvalue weighted by Gasteiger charge is -2.11. The average molecular weight is 225 g/mol. The van der Waals surface area contributed by atoms with Crippen LogP contribution in [0.5, 0.6) is 0 Å². The van der Waals surface area contributed by atoms with Crippen LogP contribution in [0.2, 0.25) is 0 Å². The zero-order chi connectivity index (χ0) is 12.3. The molecule has 17 heavy (non-hydrogen) atoms. The predicted octanol–water partition coefficient (Wildman–Crippen LogP) is 2.81. The molecule has 1 aromatic carbocycles. The normalized spacial score (nSPS) is 12.1. The largest absolute Gasteiger partial charge is 0.333 e. The van der Waals surface area contributed by atoms with Crippen LogP contribution in [0.3, 0.4) is 0 Å². The van der Waals surface area contributed by atoms with Crippen molar-refractivity contribution < 1.29 is 0 Å². The van der Waals surface area contributed by atoms with Gasteiger partial charge in [0.1, 0.15) is 0 Å². The minimum atomic E-state index is -0.122. The summed E-state index contributed by atoms with van der Waals surface area (Å²) in [5.74, 6) is -0.122. The minimum Gasteiger partial charge on any atom is -0.333 e. The van der Waals surface area contributed by atoms with Crippen LogP contribution in [0.25, 0.3) is 0 Å². The van der Waals surface area contributed by atoms with Crippen molar-refractivity contribution in [2.24, 2.45) is 0 Å². The van der Waals surface area contributed by atoms with E-state index in [1.807, 2.05) is 48.7 Å². The Morgan fingerprint density at radius 2 is 2.00 bits per heavy atom. The van der Waals surface area contributed by atoms with E-state index in [-0.39, 0.29) is 5.92 Å². The molecule has 0 bridgehead atoms. The van der Waals surface area contributed by atoms with Crippen LogP contribution in [0.1, 0.15) is 22.9 Å². The van der Waals surface area contributed by atoms with Crippen molar-refractivity contribution in [3.05, 3.63) is 53.6 Å². The van der Waals surface area contributed by atoms with Gasteiger partial charge < -0.3 is 4.57 Å². The van der Waals surface area contributed by atoms with Crippen molar-refractivity contribution >= 4 is 0 Å². The summed E-state index contributed by atoms with van der Waals surface area (Å²) < 4.78 is 2.04. The summed E-state index contributed by atoms with van der Waals surface area (Å²) in [5, 5.41) is 9.25. The second-order valence-electron chi connectivity index (χ2n) is 4.16. The summed E-state index contributed by atoms with van der Waals surface area (Å²) in [6.45, 7) is 4.67. The van der Waals surface area contributed by atoms with E-state index < -0.39 is 0 Å². The van der Waals surface area contributed by atoms with E-state index in [4.69, 9.17) is 0 Å². The van der Waals surface area contributed by atoms with Gasteiger partial charge in [0, 0.05) is 12.2 Å². The van der Waals surface area contributed by atoms with E-state index in [1.165, 1.54) is 0 Å². The molecule has 0 saturated heterocycles. The van der Waals surface area contributed by atoms with E-state index in [0.29, 0.717) is 6.54 Å². The zero-order valence-electron chi connectivity index (χ0n) is 10.1. The van der Waals surface area contributed by atoms with Crippen molar-refractivity contribution in [1.82, 2.24) is 9.55 Å². The summed E-state index contributed by atoms with van der Waals surface area (Å²) in [6, 6.07) is 12.2. The third-order valence-electron chi connectivity index (χ3n) is 3.08. The Kier molecular flexibility index (Phi) is 3.24. The number of hydrogen-bond acceptors (Lipinski definition) is 2. The van der Waals surface area contributed by atoms with Gasteiger partial charge in [0.2, 0.25) is 0 Å². The molecule has 1 aromatic heterocycles. The average Bonchev–Trinajstić information content (AvgIpc) is 2.68. The number of hydrogen-bond donors (Lipinski definition) is 0. The lowest BCUT2D eigenvalue weighted by atomic mass is 10.0. The summed E-state index contributed by atoms with van der Waals surface area (Å²) in [5.41, 5.74) is 3.21. The van der Waals surface area contributed by atoms with Gasteiger partial charge in [-0.1, -0.05) is 30.3 Å². The fourth-order valence-electron chi connectivity index (χ4n) is 1.83. The standard InChI is InChI=1S/C14H15N3/c1-11-12(2)17(10-16-11)9-14(8-15)13-6-4-3-5-7-13/h3-7,10,14H,9H2,1-2H3. The van der Waals surface area contributed by atoms with Gasteiger partial charge in [0.15, 0.2) is 0 Å². The Morgan fingerprint density at radius 1 is 1.29 bits per heavy atom. The smallest absolute Gasteiger partial charge is 0.0951 e. The van der Waals surface area contributed by atoms with Crippen LogP contribution in [0.4, 0.5) is 0 Å². The first kappa shape index (κ1) is 11.4. The number of aryl methyl sites for hydroxylation is 1. The fourth-order valence-corrected chi connectivity index (χ4v) is 1.83. The van der Waals surface area contributed by atoms with Crippen LogP contribution in [0, 0.1) is 25.2 Å². The molecule has 3 heteroatoms. The number of benzene rings is 1. The number of rotatable bonds is 3. The van der Waals surface area contributed by atoms with Crippen LogP contribution in [-0.2, 0) is 6.54 Å². The van der Waals surface area contributed by atoms with Crippen LogP contribution >= 0.6 is 0 Å². The SMILES string of the molecule is Cc1ncn(CC(C#N)c2ccccc2)c1C. The lowest BCUT2D eigenvalue weighted by Crippen LogP contribution is -2.08. The molecule has 0 spiro atoms. The molecule has 0 fully saturated rings. The molecular formula is C14H15N3. The highest BCUT2D eigenvalue weighted by atomic mass is 15.1. The Balaban J connectivity index is 2.23. The topological polar surface area (TPSA) is 41.6 Å². The molecule has 2 rings (SSSR count). The van der Waals surface area contributed by atoms with E-state index in [0.717, 1.165) is 17.0 Å². The quantitative estimate of drug-likeness (QED) is 0.806. The summed E-state index contributed by atoms with van der Waals surface area (Å²) in [4.78, 5) is 4.25. The van der Waals surface area contributed by atoms with Crippen molar-refractivity contribution in [3.8, 4) is 6.07 Å². The van der Waals surface area contributed by atoms with E-state index in [9.17, 15) is 5.26 Å². The third kappa shape index (κ3) is 2.36. The lowest BCUT2D eigenvalue weighted by molar-refractivity contribution is 0.630. The van der Waals surface area contributed by atoms with Gasteiger partial charge in [-0.3, -0.25) is 0 Å². The van der Waals surface area contributed by atoms with Gasteiger partial charge in [0.25, 0.3) is 0 Å². The molecule has 1 unspecified atom stereocenters. The van der Waals surface area contributed by atoms with Crippen molar-refractivity contribution in [2.75, 3.05) is 0 Å².